The number of benzene rings is 3. The van der Waals surface area contributed by atoms with Crippen molar-refractivity contribution in [1.82, 2.24) is 4.57 Å². The standard InChI is InChI=1S/C25H16F2N2O4/c1-2-33-25(32)16-12-29-19-9-8-14(23(30)13-6-4-3-5-7-13)10-18(19)28-21-20(27)17(26)11-15(22(21)29)24(16)31/h3-12,28H,2H2,1H3. The van der Waals surface area contributed by atoms with E-state index in [1.54, 1.807) is 49.4 Å². The van der Waals surface area contributed by atoms with E-state index in [0.29, 0.717) is 22.5 Å². The highest BCUT2D eigenvalue weighted by atomic mass is 19.2. The molecule has 8 heteroatoms. The Morgan fingerprint density at radius 2 is 1.79 bits per heavy atom. The van der Waals surface area contributed by atoms with Crippen LogP contribution in [0.3, 0.4) is 0 Å². The van der Waals surface area contributed by atoms with Crippen molar-refractivity contribution in [2.75, 3.05) is 11.9 Å². The molecule has 1 aromatic heterocycles. The van der Waals surface area contributed by atoms with E-state index in [0.717, 1.165) is 6.07 Å². The fourth-order valence-electron chi connectivity index (χ4n) is 3.97. The summed E-state index contributed by atoms with van der Waals surface area (Å²) < 4.78 is 35.5. The minimum Gasteiger partial charge on any atom is -0.462 e. The van der Waals surface area contributed by atoms with Crippen molar-refractivity contribution in [2.24, 2.45) is 0 Å². The third-order valence-corrected chi connectivity index (χ3v) is 5.49. The number of ketones is 1. The number of carbonyl (C=O) groups excluding carboxylic acids is 2. The van der Waals surface area contributed by atoms with Crippen LogP contribution in [0.4, 0.5) is 20.2 Å². The molecular weight excluding hydrogens is 430 g/mol. The van der Waals surface area contributed by atoms with E-state index in [-0.39, 0.29) is 34.5 Å². The van der Waals surface area contributed by atoms with Crippen LogP contribution in [0.1, 0.15) is 33.2 Å². The number of pyridine rings is 1. The first-order valence-electron chi connectivity index (χ1n) is 10.2. The Morgan fingerprint density at radius 3 is 2.52 bits per heavy atom. The Hall–Kier alpha value is -4.33. The van der Waals surface area contributed by atoms with Crippen LogP contribution in [-0.4, -0.2) is 22.9 Å². The largest absolute Gasteiger partial charge is 0.462 e. The van der Waals surface area contributed by atoms with Gasteiger partial charge in [-0.2, -0.15) is 0 Å². The van der Waals surface area contributed by atoms with E-state index in [9.17, 15) is 23.2 Å². The molecule has 164 valence electrons. The van der Waals surface area contributed by atoms with Crippen LogP contribution in [0.2, 0.25) is 0 Å². The van der Waals surface area contributed by atoms with Gasteiger partial charge in [0.15, 0.2) is 17.4 Å². The zero-order valence-corrected chi connectivity index (χ0v) is 17.3. The topological polar surface area (TPSA) is 77.4 Å². The van der Waals surface area contributed by atoms with Gasteiger partial charge < -0.3 is 14.6 Å². The van der Waals surface area contributed by atoms with Crippen molar-refractivity contribution in [3.05, 3.63) is 99.3 Å². The predicted molar refractivity (Wildman–Crippen MR) is 119 cm³/mol. The first-order chi connectivity index (χ1) is 15.9. The van der Waals surface area contributed by atoms with Crippen molar-refractivity contribution in [3.63, 3.8) is 0 Å². The van der Waals surface area contributed by atoms with Gasteiger partial charge in [-0.1, -0.05) is 30.3 Å². The van der Waals surface area contributed by atoms with Gasteiger partial charge in [0, 0.05) is 17.3 Å². The van der Waals surface area contributed by atoms with E-state index < -0.39 is 23.0 Å². The van der Waals surface area contributed by atoms with Crippen molar-refractivity contribution in [1.29, 1.82) is 0 Å². The smallest absolute Gasteiger partial charge is 0.343 e. The Bertz CT molecular complexity index is 1530. The monoisotopic (exact) mass is 446 g/mol. The molecule has 0 fully saturated rings. The number of rotatable bonds is 4. The molecule has 6 nitrogen and oxygen atoms in total. The summed E-state index contributed by atoms with van der Waals surface area (Å²) in [6, 6.07) is 14.1. The number of esters is 1. The molecule has 2 heterocycles. The van der Waals surface area contributed by atoms with Gasteiger partial charge in [0.2, 0.25) is 5.43 Å². The number of carbonyl (C=O) groups is 2. The van der Waals surface area contributed by atoms with Crippen molar-refractivity contribution in [3.8, 4) is 5.69 Å². The molecule has 0 amide bonds. The molecule has 0 saturated heterocycles. The fourth-order valence-corrected chi connectivity index (χ4v) is 3.97. The predicted octanol–water partition coefficient (Wildman–Crippen LogP) is 4.73. The molecule has 1 aliphatic rings. The van der Waals surface area contributed by atoms with Crippen LogP contribution in [0.5, 0.6) is 0 Å². The molecule has 0 spiro atoms. The number of nitrogens with zero attached hydrogens (tertiary/aromatic N) is 1. The molecule has 0 unspecified atom stereocenters. The second-order valence-corrected chi connectivity index (χ2v) is 7.46. The summed E-state index contributed by atoms with van der Waals surface area (Å²) in [6.07, 6.45) is 1.25. The lowest BCUT2D eigenvalue weighted by molar-refractivity contribution is 0.0524. The number of fused-ring (bicyclic) bond motifs is 2. The number of ether oxygens (including phenoxy) is 1. The summed E-state index contributed by atoms with van der Waals surface area (Å²) in [5, 5.41) is 2.65. The van der Waals surface area contributed by atoms with Crippen molar-refractivity contribution >= 4 is 34.0 Å². The summed E-state index contributed by atoms with van der Waals surface area (Å²) in [5.74, 6) is -3.53. The van der Waals surface area contributed by atoms with Gasteiger partial charge in [-0.25, -0.2) is 13.6 Å². The summed E-state index contributed by atoms with van der Waals surface area (Å²) in [6.45, 7) is 1.64. The van der Waals surface area contributed by atoms with Gasteiger partial charge >= 0.3 is 5.97 Å². The molecule has 3 aromatic carbocycles. The SMILES string of the molecule is CCOC(=O)c1cn2c3c(c(F)c(F)cc3c1=O)Nc1cc(C(=O)c3ccccc3)ccc1-2. The molecule has 4 aromatic rings. The molecule has 0 bridgehead atoms. The first-order valence-corrected chi connectivity index (χ1v) is 10.2. The summed E-state index contributed by atoms with van der Waals surface area (Å²) >= 11 is 0. The number of aromatic nitrogens is 1. The van der Waals surface area contributed by atoms with Crippen LogP contribution in [0.15, 0.2) is 65.6 Å². The fraction of sp³-hybridized carbons (Fsp3) is 0.0800. The van der Waals surface area contributed by atoms with E-state index in [4.69, 9.17) is 4.74 Å². The van der Waals surface area contributed by atoms with Crippen LogP contribution in [0.25, 0.3) is 16.6 Å². The summed E-state index contributed by atoms with van der Waals surface area (Å²) in [4.78, 5) is 38.1. The first kappa shape index (κ1) is 20.6. The Labute approximate surface area is 186 Å². The third-order valence-electron chi connectivity index (χ3n) is 5.49. The quantitative estimate of drug-likeness (QED) is 0.319. The number of halogens is 2. The van der Waals surface area contributed by atoms with Crippen molar-refractivity contribution in [2.45, 2.75) is 6.92 Å². The number of anilines is 2. The zero-order chi connectivity index (χ0) is 23.3. The lowest BCUT2D eigenvalue weighted by Gasteiger charge is -2.25. The molecule has 0 saturated carbocycles. The zero-order valence-electron chi connectivity index (χ0n) is 17.3. The summed E-state index contributed by atoms with van der Waals surface area (Å²) in [5.41, 5.74) is 0.328. The lowest BCUT2D eigenvalue weighted by Crippen LogP contribution is -2.23. The average molecular weight is 446 g/mol. The number of hydrogen-bond donors (Lipinski definition) is 1. The van der Waals surface area contributed by atoms with Crippen LogP contribution >= 0.6 is 0 Å². The highest BCUT2D eigenvalue weighted by molar-refractivity contribution is 6.10. The normalized spacial score (nSPS) is 11.6. The highest BCUT2D eigenvalue weighted by Crippen LogP contribution is 2.39. The van der Waals surface area contributed by atoms with Crippen LogP contribution in [0, 0.1) is 11.6 Å². The molecule has 0 radical (unpaired) electrons. The molecule has 1 N–H and O–H groups in total. The molecule has 0 atom stereocenters. The second kappa shape index (κ2) is 7.67. The van der Waals surface area contributed by atoms with Gasteiger partial charge in [0.1, 0.15) is 11.3 Å². The number of nitrogens with one attached hydrogen (secondary N) is 1. The van der Waals surface area contributed by atoms with Gasteiger partial charge in [-0.15, -0.1) is 0 Å². The molecule has 1 aliphatic heterocycles. The van der Waals surface area contributed by atoms with Crippen LogP contribution in [-0.2, 0) is 4.74 Å². The van der Waals surface area contributed by atoms with Crippen LogP contribution < -0.4 is 10.7 Å². The maximum absolute atomic E-state index is 14.8. The van der Waals surface area contributed by atoms with Crippen molar-refractivity contribution < 1.29 is 23.1 Å². The Morgan fingerprint density at radius 1 is 1.03 bits per heavy atom. The van der Waals surface area contributed by atoms with Gasteiger partial charge in [-0.05, 0) is 31.2 Å². The second-order valence-electron chi connectivity index (χ2n) is 7.46. The average Bonchev–Trinajstić information content (AvgIpc) is 2.83. The van der Waals surface area contributed by atoms with Gasteiger partial charge in [0.25, 0.3) is 0 Å². The lowest BCUT2D eigenvalue weighted by atomic mass is 10.00. The molecule has 0 aliphatic carbocycles. The Kier molecular flexibility index (Phi) is 4.78. The maximum atomic E-state index is 14.8. The molecule has 33 heavy (non-hydrogen) atoms. The molecule has 5 rings (SSSR count). The van der Waals surface area contributed by atoms with E-state index >= 15 is 0 Å². The minimum absolute atomic E-state index is 0.0441. The van der Waals surface area contributed by atoms with Gasteiger partial charge in [-0.3, -0.25) is 9.59 Å². The number of hydrogen-bond acceptors (Lipinski definition) is 5. The minimum atomic E-state index is -1.24. The van der Waals surface area contributed by atoms with Gasteiger partial charge in [0.05, 0.1) is 28.9 Å². The third kappa shape index (κ3) is 3.18. The Balaban J connectivity index is 1.76. The summed E-state index contributed by atoms with van der Waals surface area (Å²) in [7, 11) is 0. The highest BCUT2D eigenvalue weighted by Gasteiger charge is 2.28. The van der Waals surface area contributed by atoms with E-state index in [1.807, 2.05) is 0 Å². The maximum Gasteiger partial charge on any atom is 0.343 e. The van der Waals surface area contributed by atoms with E-state index in [1.165, 1.54) is 16.8 Å². The molecular formula is C25H16F2N2O4. The van der Waals surface area contributed by atoms with E-state index in [2.05, 4.69) is 5.32 Å².